The predicted octanol–water partition coefficient (Wildman–Crippen LogP) is 5.84. The number of carbonyl (C=O) groups is 1. The third-order valence-electron chi connectivity index (χ3n) is 5.48. The van der Waals surface area contributed by atoms with Crippen molar-refractivity contribution < 1.29 is 4.79 Å². The molecule has 1 amide bonds. The molecule has 0 fully saturated rings. The summed E-state index contributed by atoms with van der Waals surface area (Å²) in [6.45, 7) is 0. The van der Waals surface area contributed by atoms with Gasteiger partial charge in [-0.1, -0.05) is 60.3 Å². The highest BCUT2D eigenvalue weighted by Gasteiger charge is 2.22. The Morgan fingerprint density at radius 1 is 1.06 bits per heavy atom. The molecule has 5 rings (SSSR count). The SMILES string of the molecule is N#Cc1c(NC(=O)CSc2nc(-c3ccccc3)nc3ccccc23)sc2c1CCCC2. The number of para-hydroxylation sites is 1. The number of fused-ring (bicyclic) bond motifs is 2. The molecular formula is C25H20N4OS2. The number of thioether (sulfide) groups is 1. The number of nitriles is 1. The molecule has 7 heteroatoms. The molecule has 1 aliphatic carbocycles. The van der Waals surface area contributed by atoms with Gasteiger partial charge < -0.3 is 5.32 Å². The standard InChI is InChI=1S/C25H20N4OS2/c26-14-19-17-10-5-7-13-21(17)32-25(19)28-22(30)15-31-24-18-11-4-6-12-20(18)27-23(29-24)16-8-2-1-3-9-16/h1-4,6,8-9,11-12H,5,7,10,13,15H2,(H,28,30). The fourth-order valence-corrected chi connectivity index (χ4v) is 6.02. The van der Waals surface area contributed by atoms with E-state index < -0.39 is 0 Å². The molecule has 0 atom stereocenters. The molecule has 5 nitrogen and oxygen atoms in total. The lowest BCUT2D eigenvalue weighted by Gasteiger charge is -2.09. The predicted molar refractivity (Wildman–Crippen MR) is 130 cm³/mol. The number of anilines is 1. The topological polar surface area (TPSA) is 78.7 Å². The maximum Gasteiger partial charge on any atom is 0.235 e. The second-order valence-electron chi connectivity index (χ2n) is 7.60. The number of aryl methyl sites for hydroxylation is 1. The van der Waals surface area contributed by atoms with Gasteiger partial charge in [-0.3, -0.25) is 4.79 Å². The fourth-order valence-electron chi connectivity index (χ4n) is 3.94. The summed E-state index contributed by atoms with van der Waals surface area (Å²) in [5.41, 5.74) is 3.55. The number of hydrogen-bond donors (Lipinski definition) is 1. The third-order valence-corrected chi connectivity index (χ3v) is 7.67. The van der Waals surface area contributed by atoms with E-state index in [9.17, 15) is 10.1 Å². The molecular weight excluding hydrogens is 436 g/mol. The first kappa shape index (κ1) is 20.7. The summed E-state index contributed by atoms with van der Waals surface area (Å²) < 4.78 is 0. The zero-order valence-electron chi connectivity index (χ0n) is 17.3. The second kappa shape index (κ2) is 9.11. The van der Waals surface area contributed by atoms with Crippen molar-refractivity contribution in [2.24, 2.45) is 0 Å². The molecule has 0 bridgehead atoms. The first-order valence-corrected chi connectivity index (χ1v) is 12.3. The van der Waals surface area contributed by atoms with E-state index in [-0.39, 0.29) is 11.7 Å². The average molecular weight is 457 g/mol. The van der Waals surface area contributed by atoms with Gasteiger partial charge in [0.2, 0.25) is 5.91 Å². The molecule has 0 saturated carbocycles. The van der Waals surface area contributed by atoms with Crippen LogP contribution in [-0.4, -0.2) is 21.6 Å². The molecule has 1 N–H and O–H groups in total. The van der Waals surface area contributed by atoms with Crippen molar-refractivity contribution in [1.82, 2.24) is 9.97 Å². The van der Waals surface area contributed by atoms with E-state index in [0.717, 1.165) is 52.7 Å². The monoisotopic (exact) mass is 456 g/mol. The molecule has 4 aromatic rings. The second-order valence-corrected chi connectivity index (χ2v) is 9.67. The largest absolute Gasteiger partial charge is 0.316 e. The van der Waals surface area contributed by atoms with Crippen molar-refractivity contribution in [2.45, 2.75) is 30.7 Å². The number of aromatic nitrogens is 2. The normalized spacial score (nSPS) is 12.8. The highest BCUT2D eigenvalue weighted by atomic mass is 32.2. The van der Waals surface area contributed by atoms with Gasteiger partial charge in [-0.15, -0.1) is 11.3 Å². The zero-order valence-corrected chi connectivity index (χ0v) is 18.9. The number of nitrogens with zero attached hydrogens (tertiary/aromatic N) is 3. The summed E-state index contributed by atoms with van der Waals surface area (Å²) in [5.74, 6) is 0.724. The maximum absolute atomic E-state index is 12.8. The van der Waals surface area contributed by atoms with Crippen LogP contribution in [0, 0.1) is 11.3 Å². The molecule has 2 heterocycles. The van der Waals surface area contributed by atoms with Crippen LogP contribution in [0.4, 0.5) is 5.00 Å². The Hall–Kier alpha value is -3.21. The Bertz CT molecular complexity index is 1340. The average Bonchev–Trinajstić information content (AvgIpc) is 3.19. The summed E-state index contributed by atoms with van der Waals surface area (Å²) in [4.78, 5) is 23.5. The van der Waals surface area contributed by atoms with Crippen LogP contribution < -0.4 is 5.32 Å². The van der Waals surface area contributed by atoms with Crippen LogP contribution in [0.15, 0.2) is 59.6 Å². The van der Waals surface area contributed by atoms with Gasteiger partial charge in [0.1, 0.15) is 16.1 Å². The molecule has 158 valence electrons. The van der Waals surface area contributed by atoms with Gasteiger partial charge in [0.15, 0.2) is 5.82 Å². The molecule has 32 heavy (non-hydrogen) atoms. The molecule has 0 aliphatic heterocycles. The highest BCUT2D eigenvalue weighted by molar-refractivity contribution is 8.00. The van der Waals surface area contributed by atoms with Crippen molar-refractivity contribution in [3.8, 4) is 17.5 Å². The number of rotatable bonds is 5. The Labute approximate surface area is 194 Å². The Balaban J connectivity index is 1.38. The van der Waals surface area contributed by atoms with Crippen LogP contribution in [0.2, 0.25) is 0 Å². The number of benzene rings is 2. The highest BCUT2D eigenvalue weighted by Crippen LogP contribution is 2.38. The number of amides is 1. The van der Waals surface area contributed by atoms with Gasteiger partial charge in [-0.25, -0.2) is 9.97 Å². The van der Waals surface area contributed by atoms with Gasteiger partial charge in [0.05, 0.1) is 16.8 Å². The molecule has 0 unspecified atom stereocenters. The van der Waals surface area contributed by atoms with Crippen molar-refractivity contribution in [1.29, 1.82) is 5.26 Å². The van der Waals surface area contributed by atoms with Gasteiger partial charge >= 0.3 is 0 Å². The lowest BCUT2D eigenvalue weighted by molar-refractivity contribution is -0.113. The zero-order chi connectivity index (χ0) is 21.9. The Morgan fingerprint density at radius 2 is 1.84 bits per heavy atom. The summed E-state index contributed by atoms with van der Waals surface area (Å²) in [6.07, 6.45) is 4.17. The number of carbonyl (C=O) groups excluding carboxylic acids is 1. The summed E-state index contributed by atoms with van der Waals surface area (Å²) in [6, 6.07) is 20.0. The minimum absolute atomic E-state index is 0.131. The van der Waals surface area contributed by atoms with Gasteiger partial charge in [-0.2, -0.15) is 5.26 Å². The Morgan fingerprint density at radius 3 is 2.69 bits per heavy atom. The maximum atomic E-state index is 12.8. The quantitative estimate of drug-likeness (QED) is 0.301. The first-order chi connectivity index (χ1) is 15.7. The summed E-state index contributed by atoms with van der Waals surface area (Å²) in [5, 5.41) is 15.0. The third kappa shape index (κ3) is 4.12. The van der Waals surface area contributed by atoms with E-state index in [1.54, 1.807) is 11.3 Å². The molecule has 2 aromatic carbocycles. The fraction of sp³-hybridized carbons (Fsp3) is 0.200. The van der Waals surface area contributed by atoms with Gasteiger partial charge in [0, 0.05) is 15.8 Å². The van der Waals surface area contributed by atoms with E-state index in [1.165, 1.54) is 16.6 Å². The van der Waals surface area contributed by atoms with Crippen molar-refractivity contribution >= 4 is 44.9 Å². The van der Waals surface area contributed by atoms with E-state index in [2.05, 4.69) is 11.4 Å². The molecule has 0 spiro atoms. The lowest BCUT2D eigenvalue weighted by Crippen LogP contribution is -2.14. The van der Waals surface area contributed by atoms with Crippen LogP contribution in [0.1, 0.15) is 28.8 Å². The van der Waals surface area contributed by atoms with Gasteiger partial charge in [-0.05, 0) is 37.3 Å². The van der Waals surface area contributed by atoms with E-state index in [4.69, 9.17) is 9.97 Å². The van der Waals surface area contributed by atoms with Crippen molar-refractivity contribution in [3.63, 3.8) is 0 Å². The molecule has 0 radical (unpaired) electrons. The molecule has 2 aromatic heterocycles. The minimum atomic E-state index is -0.131. The van der Waals surface area contributed by atoms with Crippen LogP contribution in [0.5, 0.6) is 0 Å². The first-order valence-electron chi connectivity index (χ1n) is 10.5. The number of thiophene rings is 1. The smallest absolute Gasteiger partial charge is 0.235 e. The number of hydrogen-bond acceptors (Lipinski definition) is 6. The van der Waals surface area contributed by atoms with Crippen molar-refractivity contribution in [3.05, 3.63) is 70.6 Å². The van der Waals surface area contributed by atoms with E-state index in [0.29, 0.717) is 16.4 Å². The van der Waals surface area contributed by atoms with Crippen LogP contribution in [-0.2, 0) is 17.6 Å². The minimum Gasteiger partial charge on any atom is -0.316 e. The molecule has 0 saturated heterocycles. The molecule has 1 aliphatic rings. The van der Waals surface area contributed by atoms with Gasteiger partial charge in [0.25, 0.3) is 0 Å². The summed E-state index contributed by atoms with van der Waals surface area (Å²) in [7, 11) is 0. The van der Waals surface area contributed by atoms with E-state index >= 15 is 0 Å². The van der Waals surface area contributed by atoms with E-state index in [1.807, 2.05) is 54.6 Å². The van der Waals surface area contributed by atoms with Crippen LogP contribution in [0.3, 0.4) is 0 Å². The Kier molecular flexibility index (Phi) is 5.89. The van der Waals surface area contributed by atoms with Crippen LogP contribution >= 0.6 is 23.1 Å². The van der Waals surface area contributed by atoms with Crippen molar-refractivity contribution in [2.75, 3.05) is 11.1 Å². The number of nitrogens with one attached hydrogen (secondary N) is 1. The van der Waals surface area contributed by atoms with Crippen LogP contribution in [0.25, 0.3) is 22.3 Å². The lowest BCUT2D eigenvalue weighted by atomic mass is 9.96. The summed E-state index contributed by atoms with van der Waals surface area (Å²) >= 11 is 2.94.